The minimum atomic E-state index is -4.01. The molecule has 1 aliphatic rings. The van der Waals surface area contributed by atoms with Crippen LogP contribution in [0.3, 0.4) is 0 Å². The molecule has 1 amide bonds. The maximum Gasteiger partial charge on any atom is 0.407 e. The number of ether oxygens (including phenoxy) is 2. The van der Waals surface area contributed by atoms with E-state index in [9.17, 15) is 18.0 Å². The number of hydrogen-bond donors (Lipinski definition) is 1. The number of hydrogen-bond acceptors (Lipinski definition) is 7. The van der Waals surface area contributed by atoms with Gasteiger partial charge in [-0.25, -0.2) is 4.79 Å². The van der Waals surface area contributed by atoms with Crippen LogP contribution in [0.2, 0.25) is 0 Å². The van der Waals surface area contributed by atoms with Crippen LogP contribution in [0.4, 0.5) is 4.79 Å². The highest BCUT2D eigenvalue weighted by Gasteiger charge is 2.29. The van der Waals surface area contributed by atoms with Gasteiger partial charge < -0.3 is 19.0 Å². The van der Waals surface area contributed by atoms with Gasteiger partial charge >= 0.3 is 22.2 Å². The Balaban J connectivity index is 1.23. The molecule has 0 aromatic heterocycles. The molecule has 0 radical (unpaired) electrons. The first-order valence-electron chi connectivity index (χ1n) is 13.2. The van der Waals surface area contributed by atoms with E-state index in [4.69, 9.17) is 13.7 Å². The lowest BCUT2D eigenvalue weighted by Gasteiger charge is -2.18. The van der Waals surface area contributed by atoms with Crippen LogP contribution in [-0.2, 0) is 24.4 Å². The monoisotopic (exact) mass is 571 g/mol. The van der Waals surface area contributed by atoms with Gasteiger partial charge in [-0.05, 0) is 59.0 Å². The predicted molar refractivity (Wildman–Crippen MR) is 153 cm³/mol. The molecule has 1 atom stereocenters. The number of carbonyl (C=O) groups excluding carboxylic acids is 2. The maximum absolute atomic E-state index is 12.8. The number of carbonyl (C=O) groups is 2. The fraction of sp³-hybridized carbons (Fsp3) is 0.188. The zero-order valence-corrected chi connectivity index (χ0v) is 23.2. The van der Waals surface area contributed by atoms with Crippen LogP contribution in [0.1, 0.15) is 35.4 Å². The molecule has 210 valence electrons. The van der Waals surface area contributed by atoms with Crippen molar-refractivity contribution in [2.45, 2.75) is 23.7 Å². The van der Waals surface area contributed by atoms with E-state index >= 15 is 0 Å². The Bertz CT molecular complexity index is 1590. The summed E-state index contributed by atoms with van der Waals surface area (Å²) in [6, 6.07) is 29.9. The van der Waals surface area contributed by atoms with Gasteiger partial charge in [0.2, 0.25) is 0 Å². The van der Waals surface area contributed by atoms with Gasteiger partial charge in [-0.3, -0.25) is 4.79 Å². The molecule has 1 N–H and O–H groups in total. The molecule has 0 aliphatic heterocycles. The lowest BCUT2D eigenvalue weighted by molar-refractivity contribution is -0.144. The molecule has 0 spiro atoms. The summed E-state index contributed by atoms with van der Waals surface area (Å²) in [5, 5.41) is 2.68. The van der Waals surface area contributed by atoms with Crippen LogP contribution in [0, 0.1) is 0 Å². The van der Waals surface area contributed by atoms with E-state index in [1.165, 1.54) is 24.3 Å². The van der Waals surface area contributed by atoms with Crippen LogP contribution in [-0.4, -0.2) is 40.2 Å². The minimum Gasteiger partial charge on any atom is -0.465 e. The second-order valence-electron chi connectivity index (χ2n) is 9.43. The van der Waals surface area contributed by atoms with Crippen LogP contribution in [0.15, 0.2) is 108 Å². The van der Waals surface area contributed by atoms with E-state index in [1.807, 2.05) is 36.4 Å². The zero-order chi connectivity index (χ0) is 28.8. The molecule has 41 heavy (non-hydrogen) atoms. The van der Waals surface area contributed by atoms with E-state index < -0.39 is 28.1 Å². The summed E-state index contributed by atoms with van der Waals surface area (Å²) < 4.78 is 41.1. The van der Waals surface area contributed by atoms with Crippen molar-refractivity contribution in [3.8, 4) is 16.9 Å². The molecule has 0 bridgehead atoms. The van der Waals surface area contributed by atoms with Crippen molar-refractivity contribution in [1.29, 1.82) is 0 Å². The number of alkyl carbamates (subject to hydrolysis) is 1. The highest BCUT2D eigenvalue weighted by molar-refractivity contribution is 7.87. The summed E-state index contributed by atoms with van der Waals surface area (Å²) >= 11 is 0. The molecule has 9 heteroatoms. The molecule has 5 rings (SSSR count). The Kier molecular flexibility index (Phi) is 8.35. The Morgan fingerprint density at radius 1 is 0.780 bits per heavy atom. The van der Waals surface area contributed by atoms with E-state index in [2.05, 4.69) is 17.4 Å². The van der Waals surface area contributed by atoms with Gasteiger partial charge in [0.05, 0.1) is 12.5 Å². The molecule has 0 fully saturated rings. The second kappa shape index (κ2) is 12.3. The fourth-order valence-electron chi connectivity index (χ4n) is 4.93. The van der Waals surface area contributed by atoms with Gasteiger partial charge in [-0.2, -0.15) is 8.42 Å². The number of fused-ring (bicyclic) bond motifs is 3. The number of amides is 1. The Labute approximate surface area is 239 Å². The third-order valence-corrected chi connectivity index (χ3v) is 8.15. The molecular weight excluding hydrogens is 542 g/mol. The summed E-state index contributed by atoms with van der Waals surface area (Å²) in [4.78, 5) is 25.5. The summed E-state index contributed by atoms with van der Waals surface area (Å²) in [7, 11) is -4.01. The van der Waals surface area contributed by atoms with Crippen molar-refractivity contribution < 1.29 is 31.7 Å². The first kappa shape index (κ1) is 27.9. The minimum absolute atomic E-state index is 0.0285. The lowest BCUT2D eigenvalue weighted by Crippen LogP contribution is -2.33. The Morgan fingerprint density at radius 3 is 1.98 bits per heavy atom. The molecular formula is C32H29NO7S. The van der Waals surface area contributed by atoms with E-state index in [-0.39, 0.29) is 36.3 Å². The van der Waals surface area contributed by atoms with Crippen molar-refractivity contribution in [1.82, 2.24) is 5.32 Å². The van der Waals surface area contributed by atoms with Crippen molar-refractivity contribution in [3.63, 3.8) is 0 Å². The fourth-order valence-corrected chi connectivity index (χ4v) is 5.88. The smallest absolute Gasteiger partial charge is 0.407 e. The average Bonchev–Trinajstić information content (AvgIpc) is 3.31. The molecule has 8 nitrogen and oxygen atoms in total. The van der Waals surface area contributed by atoms with Crippen molar-refractivity contribution in [2.75, 3.05) is 19.8 Å². The summed E-state index contributed by atoms with van der Waals surface area (Å²) in [6.07, 6.45) is -0.657. The number of rotatable bonds is 10. The maximum atomic E-state index is 12.8. The highest BCUT2D eigenvalue weighted by Crippen LogP contribution is 2.44. The average molecular weight is 572 g/mol. The van der Waals surface area contributed by atoms with Gasteiger partial charge in [0.15, 0.2) is 0 Å². The zero-order valence-electron chi connectivity index (χ0n) is 22.4. The highest BCUT2D eigenvalue weighted by atomic mass is 32.2. The molecule has 0 saturated carbocycles. The Hall–Kier alpha value is -4.63. The predicted octanol–water partition coefficient (Wildman–Crippen LogP) is 5.64. The molecule has 4 aromatic carbocycles. The van der Waals surface area contributed by atoms with E-state index in [1.54, 1.807) is 37.3 Å². The van der Waals surface area contributed by atoms with E-state index in [0.29, 0.717) is 5.56 Å². The molecule has 4 aromatic rings. The van der Waals surface area contributed by atoms with Crippen LogP contribution in [0.5, 0.6) is 5.75 Å². The quantitative estimate of drug-likeness (QED) is 0.194. The number of nitrogens with one attached hydrogen (secondary N) is 1. The normalized spacial score (nSPS) is 13.0. The SMILES string of the molecule is CCOC(=O)C(CNC(=O)OCC1c2ccccc2-c2ccccc21)c1ccc(OS(=O)(=O)c2ccccc2)cc1. The molecule has 0 saturated heterocycles. The Morgan fingerprint density at radius 2 is 1.37 bits per heavy atom. The third-order valence-electron chi connectivity index (χ3n) is 6.89. The summed E-state index contributed by atoms with van der Waals surface area (Å²) in [5.74, 6) is -1.37. The van der Waals surface area contributed by atoms with E-state index in [0.717, 1.165) is 22.3 Å². The third kappa shape index (κ3) is 6.25. The second-order valence-corrected chi connectivity index (χ2v) is 11.0. The molecule has 1 unspecified atom stereocenters. The summed E-state index contributed by atoms with van der Waals surface area (Å²) in [6.45, 7) is 1.93. The van der Waals surface area contributed by atoms with Crippen LogP contribution >= 0.6 is 0 Å². The topological polar surface area (TPSA) is 108 Å². The standard InChI is InChI=1S/C32H29NO7S/c1-2-38-31(34)29(22-16-18-23(19-17-22)40-41(36,37)24-10-4-3-5-11-24)20-33-32(35)39-21-30-27-14-8-6-12-25(27)26-13-7-9-15-28(26)30/h3-19,29-30H,2,20-21H2,1H3,(H,33,35). The first-order chi connectivity index (χ1) is 19.9. The van der Waals surface area contributed by atoms with Crippen molar-refractivity contribution in [2.24, 2.45) is 0 Å². The van der Waals surface area contributed by atoms with Gasteiger partial charge in [0, 0.05) is 12.5 Å². The number of esters is 1. The lowest BCUT2D eigenvalue weighted by atomic mass is 9.98. The van der Waals surface area contributed by atoms with Crippen LogP contribution in [0.25, 0.3) is 11.1 Å². The van der Waals surface area contributed by atoms with Gasteiger partial charge in [-0.1, -0.05) is 78.9 Å². The van der Waals surface area contributed by atoms with Gasteiger partial charge in [-0.15, -0.1) is 0 Å². The van der Waals surface area contributed by atoms with Gasteiger partial charge in [0.25, 0.3) is 0 Å². The molecule has 0 heterocycles. The van der Waals surface area contributed by atoms with Crippen molar-refractivity contribution in [3.05, 3.63) is 120 Å². The van der Waals surface area contributed by atoms with Crippen molar-refractivity contribution >= 4 is 22.2 Å². The summed E-state index contributed by atoms with van der Waals surface area (Å²) in [5.41, 5.74) is 4.98. The van der Waals surface area contributed by atoms with Crippen LogP contribution < -0.4 is 9.50 Å². The number of benzene rings is 4. The van der Waals surface area contributed by atoms with Gasteiger partial charge in [0.1, 0.15) is 17.3 Å². The molecule has 1 aliphatic carbocycles. The first-order valence-corrected chi connectivity index (χ1v) is 14.6. The largest absolute Gasteiger partial charge is 0.465 e.